The summed E-state index contributed by atoms with van der Waals surface area (Å²) in [5.74, 6) is -2.34. The molecule has 0 aromatic heterocycles. The first-order valence-corrected chi connectivity index (χ1v) is 7.43. The molecule has 1 atom stereocenters. The third-order valence-corrected chi connectivity index (χ3v) is 4.08. The van der Waals surface area contributed by atoms with Crippen LogP contribution in [-0.4, -0.2) is 35.5 Å². The molecule has 0 aromatic carbocycles. The molecule has 0 amide bonds. The first-order chi connectivity index (χ1) is 8.56. The Morgan fingerprint density at radius 3 is 1.89 bits per heavy atom. The van der Waals surface area contributed by atoms with Crippen LogP contribution in [0.25, 0.3) is 0 Å². The van der Waals surface area contributed by atoms with Crippen LogP contribution in [0.2, 0.25) is 0 Å². The summed E-state index contributed by atoms with van der Waals surface area (Å²) in [6, 6.07) is 0. The van der Waals surface area contributed by atoms with E-state index < -0.39 is 43.1 Å². The van der Waals surface area contributed by atoms with Crippen molar-refractivity contribution in [2.75, 3.05) is 6.54 Å². The van der Waals surface area contributed by atoms with E-state index in [2.05, 4.69) is 0 Å². The first-order valence-electron chi connectivity index (χ1n) is 5.82. The van der Waals surface area contributed by atoms with Gasteiger partial charge in [-0.2, -0.15) is 0 Å². The van der Waals surface area contributed by atoms with Crippen LogP contribution >= 0.6 is 7.60 Å². The van der Waals surface area contributed by atoms with Crippen LogP contribution in [0.5, 0.6) is 0 Å². The second-order valence-corrected chi connectivity index (χ2v) is 6.50. The molecule has 9 heteroatoms. The van der Waals surface area contributed by atoms with Gasteiger partial charge in [-0.1, -0.05) is 0 Å². The van der Waals surface area contributed by atoms with Crippen LogP contribution < -0.4 is 0 Å². The maximum Gasteiger partial charge on any atom is 0.378 e. The van der Waals surface area contributed by atoms with Crippen molar-refractivity contribution in [1.82, 2.24) is 0 Å². The van der Waals surface area contributed by atoms with E-state index in [4.69, 9.17) is 13.8 Å². The summed E-state index contributed by atoms with van der Waals surface area (Å²) < 4.78 is 27.6. The Balaban J connectivity index is 5.26. The lowest BCUT2D eigenvalue weighted by Gasteiger charge is -2.27. The molecule has 19 heavy (non-hydrogen) atoms. The maximum absolute atomic E-state index is 12.6. The van der Waals surface area contributed by atoms with Gasteiger partial charge in [0.25, 0.3) is 12.4 Å². The second kappa shape index (κ2) is 7.57. The van der Waals surface area contributed by atoms with Crippen LogP contribution in [0.1, 0.15) is 34.6 Å². The van der Waals surface area contributed by atoms with Crippen molar-refractivity contribution >= 4 is 13.6 Å². The summed E-state index contributed by atoms with van der Waals surface area (Å²) in [5.41, 5.74) is 0. The van der Waals surface area contributed by atoms with Crippen LogP contribution in [0.3, 0.4) is 0 Å². The van der Waals surface area contributed by atoms with Crippen molar-refractivity contribution in [2.45, 2.75) is 52.7 Å². The van der Waals surface area contributed by atoms with E-state index in [9.17, 15) is 19.5 Å². The van der Waals surface area contributed by atoms with E-state index >= 15 is 0 Å². The van der Waals surface area contributed by atoms with E-state index in [1.165, 1.54) is 0 Å². The average molecular weight is 297 g/mol. The Kier molecular flexibility index (Phi) is 7.18. The number of esters is 1. The highest BCUT2D eigenvalue weighted by Gasteiger charge is 2.44. The van der Waals surface area contributed by atoms with E-state index in [1.807, 2.05) is 0 Å². The van der Waals surface area contributed by atoms with Gasteiger partial charge in [-0.25, -0.2) is 0 Å². The molecule has 0 saturated heterocycles. The zero-order valence-electron chi connectivity index (χ0n) is 11.7. The van der Waals surface area contributed by atoms with Crippen LogP contribution in [0.15, 0.2) is 0 Å². The summed E-state index contributed by atoms with van der Waals surface area (Å²) in [5, 5.41) is 10.6. The average Bonchev–Trinajstić information content (AvgIpc) is 2.11. The molecular formula is C10H20NO7P. The highest BCUT2D eigenvalue weighted by molar-refractivity contribution is 7.54. The van der Waals surface area contributed by atoms with Crippen LogP contribution in [0.4, 0.5) is 0 Å². The standard InChI is InChI=1S/C10H20NO7P/c1-7(2)17-19(15,18-8(3)4)10(6-11(13)14)16-9(5)12/h7-8,10H,6H2,1-5H3. The zero-order valence-corrected chi connectivity index (χ0v) is 12.6. The lowest BCUT2D eigenvalue weighted by atomic mass is 10.5. The molecule has 0 aliphatic carbocycles. The molecule has 0 bridgehead atoms. The minimum atomic E-state index is -3.93. The fourth-order valence-corrected chi connectivity index (χ4v) is 3.38. The van der Waals surface area contributed by atoms with E-state index in [0.717, 1.165) is 6.92 Å². The Bertz CT molecular complexity index is 339. The third kappa shape index (κ3) is 7.25. The van der Waals surface area contributed by atoms with Gasteiger partial charge >= 0.3 is 13.6 Å². The topological polar surface area (TPSA) is 105 Å². The molecule has 0 spiro atoms. The Morgan fingerprint density at radius 1 is 1.21 bits per heavy atom. The molecule has 0 fully saturated rings. The molecule has 0 radical (unpaired) electrons. The van der Waals surface area contributed by atoms with Crippen LogP contribution in [-0.2, 0) is 23.1 Å². The number of nitro groups is 1. The fraction of sp³-hybridized carbons (Fsp3) is 0.900. The van der Waals surface area contributed by atoms with Gasteiger partial charge in [0.15, 0.2) is 0 Å². The highest BCUT2D eigenvalue weighted by Crippen LogP contribution is 2.55. The van der Waals surface area contributed by atoms with Crippen LogP contribution in [0, 0.1) is 10.1 Å². The van der Waals surface area contributed by atoms with Gasteiger partial charge in [-0.3, -0.25) is 19.5 Å². The number of nitrogens with zero attached hydrogens (tertiary/aromatic N) is 1. The van der Waals surface area contributed by atoms with Gasteiger partial charge in [0.05, 0.1) is 12.2 Å². The van der Waals surface area contributed by atoms with Gasteiger partial charge < -0.3 is 13.8 Å². The number of hydrogen-bond acceptors (Lipinski definition) is 7. The fourth-order valence-electron chi connectivity index (χ4n) is 1.27. The maximum atomic E-state index is 12.6. The quantitative estimate of drug-likeness (QED) is 0.292. The Hall–Kier alpha value is -0.980. The number of rotatable bonds is 8. The molecule has 0 saturated carbocycles. The van der Waals surface area contributed by atoms with Crippen molar-refractivity contribution in [3.8, 4) is 0 Å². The van der Waals surface area contributed by atoms with Crippen molar-refractivity contribution in [2.24, 2.45) is 0 Å². The van der Waals surface area contributed by atoms with Gasteiger partial charge in [0, 0.05) is 11.8 Å². The molecular weight excluding hydrogens is 277 g/mol. The van der Waals surface area contributed by atoms with Crippen molar-refractivity contribution in [1.29, 1.82) is 0 Å². The molecule has 8 nitrogen and oxygen atoms in total. The Morgan fingerprint density at radius 2 is 1.63 bits per heavy atom. The van der Waals surface area contributed by atoms with Gasteiger partial charge in [0.2, 0.25) is 0 Å². The molecule has 1 unspecified atom stereocenters. The van der Waals surface area contributed by atoms with E-state index in [0.29, 0.717) is 0 Å². The molecule has 112 valence electrons. The molecule has 0 aliphatic heterocycles. The second-order valence-electron chi connectivity index (χ2n) is 4.43. The predicted octanol–water partition coefficient (Wildman–Crippen LogP) is 2.20. The summed E-state index contributed by atoms with van der Waals surface area (Å²) >= 11 is 0. The SMILES string of the molecule is CC(=O)OC(C[N+](=O)[O-])P(=O)(OC(C)C)OC(C)C. The number of carbonyl (C=O) groups is 1. The van der Waals surface area contributed by atoms with Crippen molar-refractivity contribution < 1.29 is 28.1 Å². The molecule has 0 heterocycles. The highest BCUT2D eigenvalue weighted by atomic mass is 31.2. The third-order valence-electron chi connectivity index (χ3n) is 1.68. The van der Waals surface area contributed by atoms with Gasteiger partial charge in [-0.05, 0) is 27.7 Å². The first kappa shape index (κ1) is 18.0. The van der Waals surface area contributed by atoms with E-state index in [1.54, 1.807) is 27.7 Å². The minimum absolute atomic E-state index is 0.491. The van der Waals surface area contributed by atoms with Gasteiger partial charge in [-0.15, -0.1) is 0 Å². The summed E-state index contributed by atoms with van der Waals surface area (Å²) in [6.45, 7) is 6.65. The number of ether oxygens (including phenoxy) is 1. The monoisotopic (exact) mass is 297 g/mol. The lowest BCUT2D eigenvalue weighted by Crippen LogP contribution is -2.29. The number of hydrogen-bond donors (Lipinski definition) is 0. The molecule has 0 rings (SSSR count). The van der Waals surface area contributed by atoms with Crippen molar-refractivity contribution in [3.05, 3.63) is 10.1 Å². The summed E-state index contributed by atoms with van der Waals surface area (Å²) in [4.78, 5) is 20.8. The minimum Gasteiger partial charge on any atom is -0.442 e. The summed E-state index contributed by atoms with van der Waals surface area (Å²) in [7, 11) is -3.93. The normalized spacial score (nSPS) is 13.6. The predicted molar refractivity (Wildman–Crippen MR) is 67.5 cm³/mol. The number of carbonyl (C=O) groups excluding carboxylic acids is 1. The zero-order chi connectivity index (χ0) is 15.2. The molecule has 0 N–H and O–H groups in total. The molecule has 0 aromatic rings. The van der Waals surface area contributed by atoms with Gasteiger partial charge in [0.1, 0.15) is 0 Å². The Labute approximate surface area is 112 Å². The van der Waals surface area contributed by atoms with E-state index in [-0.39, 0.29) is 0 Å². The molecule has 0 aliphatic rings. The largest absolute Gasteiger partial charge is 0.442 e. The summed E-state index contributed by atoms with van der Waals surface area (Å²) in [6.07, 6.45) is -0.983. The van der Waals surface area contributed by atoms with Crippen molar-refractivity contribution in [3.63, 3.8) is 0 Å². The lowest BCUT2D eigenvalue weighted by molar-refractivity contribution is -0.486. The smallest absolute Gasteiger partial charge is 0.378 e.